The lowest BCUT2D eigenvalue weighted by atomic mass is 9.65. The molecular formula is C63H37NO2S. The van der Waals surface area contributed by atoms with E-state index in [4.69, 9.17) is 9.15 Å². The molecule has 0 N–H and O–H groups in total. The fraction of sp³-hybridized carbons (Fsp3) is 0.0159. The van der Waals surface area contributed by atoms with Crippen LogP contribution in [0.5, 0.6) is 11.5 Å². The van der Waals surface area contributed by atoms with Crippen molar-refractivity contribution in [2.24, 2.45) is 0 Å². The first-order chi connectivity index (χ1) is 33.2. The van der Waals surface area contributed by atoms with Gasteiger partial charge in [-0.15, -0.1) is 11.3 Å². The molecular weight excluding hydrogens is 835 g/mol. The van der Waals surface area contributed by atoms with Gasteiger partial charge in [-0.1, -0.05) is 188 Å². The van der Waals surface area contributed by atoms with E-state index in [9.17, 15) is 0 Å². The maximum atomic E-state index is 7.25. The zero-order valence-corrected chi connectivity index (χ0v) is 36.9. The van der Waals surface area contributed by atoms with Gasteiger partial charge in [0, 0.05) is 53.8 Å². The van der Waals surface area contributed by atoms with Crippen LogP contribution in [-0.2, 0) is 5.41 Å². The second-order valence-electron chi connectivity index (χ2n) is 17.8. The minimum atomic E-state index is -0.643. The number of furan rings is 1. The van der Waals surface area contributed by atoms with Gasteiger partial charge in [0.1, 0.15) is 17.1 Å². The molecule has 13 aromatic rings. The third kappa shape index (κ3) is 5.00. The van der Waals surface area contributed by atoms with Gasteiger partial charge in [0.05, 0.1) is 21.5 Å². The van der Waals surface area contributed by atoms with Crippen LogP contribution in [0.2, 0.25) is 0 Å². The van der Waals surface area contributed by atoms with E-state index < -0.39 is 5.41 Å². The molecule has 67 heavy (non-hydrogen) atoms. The number of thiophene rings is 1. The van der Waals surface area contributed by atoms with Crippen molar-refractivity contribution in [1.29, 1.82) is 0 Å². The lowest BCUT2D eigenvalue weighted by Crippen LogP contribution is -2.32. The van der Waals surface area contributed by atoms with E-state index >= 15 is 0 Å². The van der Waals surface area contributed by atoms with Gasteiger partial charge < -0.3 is 14.1 Å². The highest BCUT2D eigenvalue weighted by Crippen LogP contribution is 2.65. The first-order valence-electron chi connectivity index (χ1n) is 22.9. The Kier molecular flexibility index (Phi) is 7.58. The summed E-state index contributed by atoms with van der Waals surface area (Å²) in [6.45, 7) is 0. The number of fused-ring (bicyclic) bond motifs is 19. The predicted octanol–water partition coefficient (Wildman–Crippen LogP) is 17.9. The number of hydrogen-bond acceptors (Lipinski definition) is 4. The maximum absolute atomic E-state index is 7.25. The number of para-hydroxylation sites is 2. The first kappa shape index (κ1) is 36.9. The van der Waals surface area contributed by atoms with Crippen molar-refractivity contribution >= 4 is 92.1 Å². The predicted molar refractivity (Wildman–Crippen MR) is 279 cm³/mol. The van der Waals surface area contributed by atoms with Gasteiger partial charge in [0.15, 0.2) is 5.58 Å². The maximum Gasteiger partial charge on any atom is 0.159 e. The Morgan fingerprint density at radius 3 is 1.81 bits per heavy atom. The highest BCUT2D eigenvalue weighted by molar-refractivity contribution is 7.26. The third-order valence-corrected chi connectivity index (χ3v) is 15.7. The average molecular weight is 872 g/mol. The van der Waals surface area contributed by atoms with Crippen molar-refractivity contribution in [1.82, 2.24) is 0 Å². The van der Waals surface area contributed by atoms with Gasteiger partial charge in [-0.25, -0.2) is 0 Å². The van der Waals surface area contributed by atoms with Crippen molar-refractivity contribution in [2.45, 2.75) is 5.41 Å². The first-order valence-corrected chi connectivity index (χ1v) is 23.7. The molecule has 0 bridgehead atoms. The molecule has 2 aromatic heterocycles. The molecule has 0 saturated heterocycles. The summed E-state index contributed by atoms with van der Waals surface area (Å²) in [5.41, 5.74) is 13.9. The fourth-order valence-corrected chi connectivity index (χ4v) is 12.9. The van der Waals surface area contributed by atoms with Crippen LogP contribution >= 0.6 is 11.3 Å². The fourth-order valence-electron chi connectivity index (χ4n) is 11.7. The molecule has 0 amide bonds. The molecule has 1 aliphatic carbocycles. The molecule has 0 atom stereocenters. The Labute approximate surface area is 390 Å². The summed E-state index contributed by atoms with van der Waals surface area (Å²) in [6.07, 6.45) is 0. The van der Waals surface area contributed by atoms with Crippen molar-refractivity contribution < 1.29 is 9.15 Å². The summed E-state index contributed by atoms with van der Waals surface area (Å²) in [4.78, 5) is 2.42. The molecule has 1 aliphatic heterocycles. The number of anilines is 3. The Hall–Kier alpha value is -8.44. The Morgan fingerprint density at radius 1 is 0.403 bits per heavy atom. The number of ether oxygens (including phenoxy) is 1. The number of hydrogen-bond donors (Lipinski definition) is 0. The molecule has 0 radical (unpaired) electrons. The normalized spacial score (nSPS) is 13.3. The SMILES string of the molecule is c1cc(-c2cccc3c2-c2ccccc2C32c3ccc4ccccc4c3Oc3c2ccc2ccccc32)cc(N(c2cccc3c2oc2ccccc23)c2cccc3c2sc2ccccc23)c1. The second-order valence-corrected chi connectivity index (χ2v) is 18.9. The molecule has 0 fully saturated rings. The molecule has 3 nitrogen and oxygen atoms in total. The van der Waals surface area contributed by atoms with E-state index in [0.717, 1.165) is 88.7 Å². The molecule has 0 saturated carbocycles. The van der Waals surface area contributed by atoms with E-state index in [-0.39, 0.29) is 0 Å². The van der Waals surface area contributed by atoms with Gasteiger partial charge in [0.2, 0.25) is 0 Å². The van der Waals surface area contributed by atoms with Gasteiger partial charge >= 0.3 is 0 Å². The molecule has 2 aliphatic rings. The zero-order valence-electron chi connectivity index (χ0n) is 36.0. The molecule has 1 spiro atoms. The van der Waals surface area contributed by atoms with Crippen molar-refractivity contribution in [2.75, 3.05) is 4.90 Å². The van der Waals surface area contributed by atoms with Crippen LogP contribution in [0.1, 0.15) is 22.3 Å². The summed E-state index contributed by atoms with van der Waals surface area (Å²) in [5, 5.41) is 9.26. The van der Waals surface area contributed by atoms with Crippen LogP contribution in [-0.4, -0.2) is 0 Å². The van der Waals surface area contributed by atoms with E-state index in [0.29, 0.717) is 0 Å². The van der Waals surface area contributed by atoms with E-state index in [1.54, 1.807) is 0 Å². The van der Waals surface area contributed by atoms with Gasteiger partial charge in [-0.05, 0) is 80.6 Å². The van der Waals surface area contributed by atoms with Crippen molar-refractivity contribution in [3.8, 4) is 33.8 Å². The monoisotopic (exact) mass is 871 g/mol. The number of rotatable bonds is 4. The van der Waals surface area contributed by atoms with Crippen LogP contribution in [0.25, 0.3) is 85.9 Å². The van der Waals surface area contributed by atoms with Crippen LogP contribution in [0.15, 0.2) is 229 Å². The minimum Gasteiger partial charge on any atom is -0.455 e. The highest BCUT2D eigenvalue weighted by Gasteiger charge is 2.52. The topological polar surface area (TPSA) is 25.6 Å². The van der Waals surface area contributed by atoms with Gasteiger partial charge in [-0.3, -0.25) is 0 Å². The molecule has 0 unspecified atom stereocenters. The van der Waals surface area contributed by atoms with Crippen LogP contribution in [0.4, 0.5) is 17.1 Å². The second kappa shape index (κ2) is 13.8. The lowest BCUT2D eigenvalue weighted by Gasteiger charge is -2.40. The molecule has 15 rings (SSSR count). The standard InChI is InChI=1S/C63H37NO2S/c1-3-19-43-38(15-1)33-35-52-59(43)66-60-44-20-4-2-16-39(44)34-36-53(60)63(52)50-27-8-5-23-49(50)58-42(24-12-28-51(58)63)40-17-11-18-41(37-40)64(54-29-13-25-47-45-21-6-9-31-56(45)65-61(47)54)55-30-14-26-48-46-22-7-10-32-57(46)67-62(48)55/h1-37H. The van der Waals surface area contributed by atoms with E-state index in [1.165, 1.54) is 48.0 Å². The van der Waals surface area contributed by atoms with Crippen LogP contribution < -0.4 is 9.64 Å². The van der Waals surface area contributed by atoms with Crippen molar-refractivity contribution in [3.05, 3.63) is 247 Å². The molecule has 312 valence electrons. The average Bonchev–Trinajstić information content (AvgIpc) is 4.06. The van der Waals surface area contributed by atoms with Gasteiger partial charge in [-0.2, -0.15) is 0 Å². The van der Waals surface area contributed by atoms with E-state index in [1.807, 2.05) is 17.4 Å². The lowest BCUT2D eigenvalue weighted by molar-refractivity contribution is 0.447. The van der Waals surface area contributed by atoms with Crippen molar-refractivity contribution in [3.63, 3.8) is 0 Å². The number of nitrogens with zero attached hydrogens (tertiary/aromatic N) is 1. The van der Waals surface area contributed by atoms with Crippen LogP contribution in [0, 0.1) is 0 Å². The summed E-state index contributed by atoms with van der Waals surface area (Å²) in [7, 11) is 0. The van der Waals surface area contributed by atoms with E-state index in [2.05, 4.69) is 223 Å². The molecule has 11 aromatic carbocycles. The van der Waals surface area contributed by atoms with Crippen LogP contribution in [0.3, 0.4) is 0 Å². The molecule has 4 heteroatoms. The summed E-state index contributed by atoms with van der Waals surface area (Å²) < 4.78 is 16.6. The summed E-state index contributed by atoms with van der Waals surface area (Å²) in [6, 6.07) is 81.9. The Balaban J connectivity index is 1.00. The van der Waals surface area contributed by atoms with Gasteiger partial charge in [0.25, 0.3) is 0 Å². The smallest absolute Gasteiger partial charge is 0.159 e. The Bertz CT molecular complexity index is 4030. The number of benzene rings is 11. The minimum absolute atomic E-state index is 0.643. The Morgan fingerprint density at radius 2 is 1.00 bits per heavy atom. The quantitative estimate of drug-likeness (QED) is 0.176. The highest BCUT2D eigenvalue weighted by atomic mass is 32.1. The zero-order chi connectivity index (χ0) is 43.8. The summed E-state index contributed by atoms with van der Waals surface area (Å²) in [5.74, 6) is 1.84. The largest absolute Gasteiger partial charge is 0.455 e. The third-order valence-electron chi connectivity index (χ3n) is 14.5. The summed E-state index contributed by atoms with van der Waals surface area (Å²) >= 11 is 1.85. The molecule has 3 heterocycles.